The van der Waals surface area contributed by atoms with Crippen LogP contribution < -0.4 is 5.32 Å². The molecule has 6 nitrogen and oxygen atoms in total. The molecule has 0 aromatic carbocycles. The maximum absolute atomic E-state index is 11.7. The van der Waals surface area contributed by atoms with E-state index in [1.807, 2.05) is 32.3 Å². The lowest BCUT2D eigenvalue weighted by Crippen LogP contribution is -2.44. The van der Waals surface area contributed by atoms with Gasteiger partial charge in [0, 0.05) is 56.5 Å². The topological polar surface area (TPSA) is 61.9 Å². The number of piperidine rings is 1. The molecule has 0 spiro atoms. The first-order valence-corrected chi connectivity index (χ1v) is 10.3. The van der Waals surface area contributed by atoms with E-state index in [2.05, 4.69) is 15.1 Å². The van der Waals surface area contributed by atoms with Crippen molar-refractivity contribution in [3.8, 4) is 0 Å². The van der Waals surface area contributed by atoms with Crippen LogP contribution in [0.3, 0.4) is 0 Å². The summed E-state index contributed by atoms with van der Waals surface area (Å²) in [5, 5.41) is 3.10. The van der Waals surface area contributed by atoms with E-state index < -0.39 is 0 Å². The van der Waals surface area contributed by atoms with Crippen molar-refractivity contribution >= 4 is 11.7 Å². The van der Waals surface area contributed by atoms with E-state index >= 15 is 0 Å². The molecule has 1 aliphatic carbocycles. The Labute approximate surface area is 167 Å². The lowest BCUT2D eigenvalue weighted by Gasteiger charge is -2.32. The van der Waals surface area contributed by atoms with E-state index in [-0.39, 0.29) is 11.7 Å². The first-order chi connectivity index (χ1) is 13.5. The molecule has 0 saturated carbocycles. The van der Waals surface area contributed by atoms with Crippen molar-refractivity contribution < 1.29 is 14.3 Å². The second kappa shape index (κ2) is 9.73. The number of ketones is 1. The molecular weight excluding hydrogens is 354 g/mol. The number of ether oxygens (including phenoxy) is 1. The third-order valence-corrected chi connectivity index (χ3v) is 5.54. The average molecular weight is 386 g/mol. The lowest BCUT2D eigenvalue weighted by molar-refractivity contribution is -0.121. The number of hydrogen-bond donors (Lipinski definition) is 1. The van der Waals surface area contributed by atoms with E-state index in [1.165, 1.54) is 0 Å². The first kappa shape index (κ1) is 20.4. The van der Waals surface area contributed by atoms with Crippen molar-refractivity contribution in [2.75, 3.05) is 26.2 Å². The molecule has 0 radical (unpaired) electrons. The predicted molar refractivity (Wildman–Crippen MR) is 109 cm³/mol. The van der Waals surface area contributed by atoms with Crippen molar-refractivity contribution in [1.82, 2.24) is 15.1 Å². The van der Waals surface area contributed by atoms with E-state index in [0.717, 1.165) is 62.3 Å². The zero-order valence-corrected chi connectivity index (χ0v) is 16.9. The van der Waals surface area contributed by atoms with Crippen molar-refractivity contribution in [3.05, 3.63) is 47.7 Å². The van der Waals surface area contributed by atoms with Gasteiger partial charge in [0.15, 0.2) is 5.78 Å². The maximum atomic E-state index is 11.7. The highest BCUT2D eigenvalue weighted by molar-refractivity contribution is 5.94. The van der Waals surface area contributed by atoms with E-state index in [4.69, 9.17) is 4.74 Å². The molecule has 0 bridgehead atoms. The second-order valence-electron chi connectivity index (χ2n) is 7.66. The number of amides is 1. The summed E-state index contributed by atoms with van der Waals surface area (Å²) in [7, 11) is 0. The molecule has 1 amide bonds. The Balaban J connectivity index is 1.43. The van der Waals surface area contributed by atoms with Gasteiger partial charge in [-0.1, -0.05) is 13.0 Å². The van der Waals surface area contributed by atoms with Gasteiger partial charge in [-0.15, -0.1) is 0 Å². The van der Waals surface area contributed by atoms with Gasteiger partial charge in [-0.25, -0.2) is 0 Å². The van der Waals surface area contributed by atoms with Gasteiger partial charge in [0.05, 0.1) is 0 Å². The number of nitrogens with one attached hydrogen (secondary N) is 1. The molecule has 0 unspecified atom stereocenters. The maximum Gasteiger partial charge on any atom is 0.219 e. The molecule has 1 N–H and O–H groups in total. The summed E-state index contributed by atoms with van der Waals surface area (Å²) in [4.78, 5) is 27.8. The van der Waals surface area contributed by atoms with Crippen LogP contribution in [0.4, 0.5) is 0 Å². The quantitative estimate of drug-likeness (QED) is 0.730. The van der Waals surface area contributed by atoms with Crippen LogP contribution in [0.2, 0.25) is 0 Å². The molecule has 152 valence electrons. The van der Waals surface area contributed by atoms with Crippen LogP contribution in [0.15, 0.2) is 47.7 Å². The second-order valence-corrected chi connectivity index (χ2v) is 7.66. The van der Waals surface area contributed by atoms with E-state index in [0.29, 0.717) is 18.9 Å². The highest BCUT2D eigenvalue weighted by Crippen LogP contribution is 2.27. The Hall–Kier alpha value is -2.34. The van der Waals surface area contributed by atoms with Crippen LogP contribution in [-0.4, -0.2) is 53.7 Å². The van der Waals surface area contributed by atoms with Gasteiger partial charge < -0.3 is 19.9 Å². The number of allylic oxidation sites excluding steroid dienone is 4. The summed E-state index contributed by atoms with van der Waals surface area (Å²) in [6, 6.07) is 0.333. The van der Waals surface area contributed by atoms with Crippen LogP contribution in [-0.2, 0) is 14.3 Å². The van der Waals surface area contributed by atoms with Gasteiger partial charge in [0.25, 0.3) is 0 Å². The summed E-state index contributed by atoms with van der Waals surface area (Å²) >= 11 is 0. The summed E-state index contributed by atoms with van der Waals surface area (Å²) in [6.07, 6.45) is 13.2. The van der Waals surface area contributed by atoms with Crippen LogP contribution in [0.5, 0.6) is 0 Å². The zero-order valence-electron chi connectivity index (χ0n) is 16.9. The number of carbonyl (C=O) groups excluding carboxylic acids is 2. The van der Waals surface area contributed by atoms with Crippen LogP contribution in [0, 0.1) is 0 Å². The highest BCUT2D eigenvalue weighted by atomic mass is 16.5. The standard InChI is InChI=1S/C22H31N3O3/c1-3-22(27)23-18-7-11-24(12-8-18)9-4-10-25-13-14-28-21(16-25)20-15-19(26)6-5-17(20)2/h5-6,13-14,16,18H,3-4,7-12,15H2,1-2H3,(H,23,27). The Morgan fingerprint density at radius 1 is 1.25 bits per heavy atom. The molecule has 1 fully saturated rings. The van der Waals surface area contributed by atoms with Crippen LogP contribution >= 0.6 is 0 Å². The number of likely N-dealkylation sites (tertiary alicyclic amines) is 1. The summed E-state index contributed by atoms with van der Waals surface area (Å²) in [6.45, 7) is 7.94. The Kier molecular flexibility index (Phi) is 7.09. The summed E-state index contributed by atoms with van der Waals surface area (Å²) in [5.41, 5.74) is 2.05. The monoisotopic (exact) mass is 385 g/mol. The first-order valence-electron chi connectivity index (χ1n) is 10.3. The number of nitrogens with zero attached hydrogens (tertiary/aromatic N) is 2. The summed E-state index contributed by atoms with van der Waals surface area (Å²) in [5.74, 6) is 1.04. The van der Waals surface area contributed by atoms with Gasteiger partial charge >= 0.3 is 0 Å². The molecule has 0 atom stereocenters. The summed E-state index contributed by atoms with van der Waals surface area (Å²) < 4.78 is 5.67. The number of hydrogen-bond acceptors (Lipinski definition) is 5. The molecule has 0 aromatic rings. The smallest absolute Gasteiger partial charge is 0.219 e. The minimum Gasteiger partial charge on any atom is -0.462 e. The molecule has 6 heteroatoms. The van der Waals surface area contributed by atoms with Gasteiger partial charge in [0.1, 0.15) is 12.0 Å². The third-order valence-electron chi connectivity index (χ3n) is 5.54. The predicted octanol–water partition coefficient (Wildman–Crippen LogP) is 2.86. The third kappa shape index (κ3) is 5.58. The van der Waals surface area contributed by atoms with Crippen LogP contribution in [0.25, 0.3) is 0 Å². The minimum absolute atomic E-state index is 0.115. The molecule has 2 aliphatic heterocycles. The molecule has 0 aromatic heterocycles. The van der Waals surface area contributed by atoms with Crippen molar-refractivity contribution in [3.63, 3.8) is 0 Å². The highest BCUT2D eigenvalue weighted by Gasteiger charge is 2.21. The van der Waals surface area contributed by atoms with E-state index in [9.17, 15) is 9.59 Å². The fraction of sp³-hybridized carbons (Fsp3) is 0.545. The van der Waals surface area contributed by atoms with Gasteiger partial charge in [0.2, 0.25) is 5.91 Å². The number of rotatable bonds is 7. The Morgan fingerprint density at radius 3 is 2.79 bits per heavy atom. The van der Waals surface area contributed by atoms with Gasteiger partial charge in [-0.05, 0) is 44.4 Å². The molecule has 3 rings (SSSR count). The van der Waals surface area contributed by atoms with Crippen molar-refractivity contribution in [1.29, 1.82) is 0 Å². The zero-order chi connectivity index (χ0) is 19.9. The van der Waals surface area contributed by atoms with Crippen LogP contribution in [0.1, 0.15) is 46.0 Å². The Bertz CT molecular complexity index is 713. The largest absolute Gasteiger partial charge is 0.462 e. The molecule has 1 saturated heterocycles. The normalized spacial score (nSPS) is 21.0. The fourth-order valence-electron chi connectivity index (χ4n) is 3.77. The van der Waals surface area contributed by atoms with Crippen molar-refractivity contribution in [2.45, 2.75) is 52.0 Å². The number of carbonyl (C=O) groups is 2. The Morgan fingerprint density at radius 2 is 2.04 bits per heavy atom. The molecule has 3 aliphatic rings. The van der Waals surface area contributed by atoms with Gasteiger partial charge in [-0.2, -0.15) is 0 Å². The SMILES string of the molecule is CCC(=O)NC1CCN(CCCN2C=COC(C3=C(C)C=CC(=O)C3)=C2)CC1. The molecule has 28 heavy (non-hydrogen) atoms. The van der Waals surface area contributed by atoms with E-state index in [1.54, 1.807) is 12.3 Å². The van der Waals surface area contributed by atoms with Gasteiger partial charge in [-0.3, -0.25) is 9.59 Å². The molecule has 2 heterocycles. The minimum atomic E-state index is 0.115. The molecular formula is C22H31N3O3. The van der Waals surface area contributed by atoms with Crippen molar-refractivity contribution in [2.24, 2.45) is 0 Å². The lowest BCUT2D eigenvalue weighted by atomic mass is 9.96. The average Bonchev–Trinajstić information content (AvgIpc) is 2.71. The fourth-order valence-corrected chi connectivity index (χ4v) is 3.77.